The van der Waals surface area contributed by atoms with E-state index in [4.69, 9.17) is 28.7 Å². The molecule has 0 spiro atoms. The molecule has 5 rings (SSSR count). The number of fused-ring (bicyclic) bond motifs is 1. The molecule has 2 heterocycles. The molecule has 3 aromatic carbocycles. The monoisotopic (exact) mass is 600 g/mol. The first kappa shape index (κ1) is 29.7. The van der Waals surface area contributed by atoms with E-state index >= 15 is 0 Å². The molecule has 1 aliphatic rings. The van der Waals surface area contributed by atoms with Gasteiger partial charge in [0.2, 0.25) is 5.75 Å². The molecule has 0 bridgehead atoms. The maximum Gasteiger partial charge on any atom is 0.338 e. The Kier molecular flexibility index (Phi) is 8.96. The Labute approximate surface area is 252 Å². The van der Waals surface area contributed by atoms with Crippen molar-refractivity contribution in [3.8, 4) is 23.0 Å². The van der Waals surface area contributed by atoms with Crippen LogP contribution >= 0.6 is 11.3 Å². The third-order valence-corrected chi connectivity index (χ3v) is 7.85. The molecule has 43 heavy (non-hydrogen) atoms. The van der Waals surface area contributed by atoms with Crippen molar-refractivity contribution >= 4 is 29.1 Å². The zero-order valence-electron chi connectivity index (χ0n) is 24.6. The lowest BCUT2D eigenvalue weighted by Crippen LogP contribution is -2.40. The minimum absolute atomic E-state index is 0.173. The van der Waals surface area contributed by atoms with Gasteiger partial charge in [-0.2, -0.15) is 0 Å². The molecule has 9 nitrogen and oxygen atoms in total. The molecule has 0 fully saturated rings. The number of esters is 1. The van der Waals surface area contributed by atoms with Gasteiger partial charge in [0, 0.05) is 5.56 Å². The molecule has 222 valence electrons. The normalized spacial score (nSPS) is 14.5. The first-order valence-electron chi connectivity index (χ1n) is 13.7. The van der Waals surface area contributed by atoms with E-state index in [1.807, 2.05) is 61.5 Å². The summed E-state index contributed by atoms with van der Waals surface area (Å²) in [6, 6.07) is 19.6. The summed E-state index contributed by atoms with van der Waals surface area (Å²) in [5, 5.41) is 0. The number of carbonyl (C=O) groups excluding carboxylic acids is 1. The predicted molar refractivity (Wildman–Crippen MR) is 165 cm³/mol. The van der Waals surface area contributed by atoms with Crippen molar-refractivity contribution in [1.29, 1.82) is 0 Å². The van der Waals surface area contributed by atoms with Crippen molar-refractivity contribution in [2.24, 2.45) is 4.99 Å². The van der Waals surface area contributed by atoms with E-state index in [2.05, 4.69) is 0 Å². The molecule has 4 aromatic rings. The minimum Gasteiger partial charge on any atom is -0.494 e. The van der Waals surface area contributed by atoms with E-state index in [0.29, 0.717) is 50.2 Å². The molecule has 0 saturated heterocycles. The van der Waals surface area contributed by atoms with Crippen molar-refractivity contribution in [3.05, 3.63) is 109 Å². The van der Waals surface area contributed by atoms with Crippen LogP contribution in [0.4, 0.5) is 0 Å². The topological polar surface area (TPSA) is 97.6 Å². The number of carbonyl (C=O) groups is 1. The van der Waals surface area contributed by atoms with Crippen LogP contribution in [0.1, 0.15) is 36.6 Å². The molecular weight excluding hydrogens is 568 g/mol. The third kappa shape index (κ3) is 5.78. The largest absolute Gasteiger partial charge is 0.494 e. The Hall–Kier alpha value is -4.83. The van der Waals surface area contributed by atoms with Crippen LogP contribution in [0.15, 0.2) is 82.1 Å². The molecule has 0 saturated carbocycles. The summed E-state index contributed by atoms with van der Waals surface area (Å²) in [6.07, 6.45) is 1.75. The number of aromatic nitrogens is 1. The van der Waals surface area contributed by atoms with Crippen LogP contribution in [0.3, 0.4) is 0 Å². The first-order valence-corrected chi connectivity index (χ1v) is 14.6. The first-order chi connectivity index (χ1) is 20.9. The highest BCUT2D eigenvalue weighted by molar-refractivity contribution is 7.07. The Morgan fingerprint density at radius 2 is 1.60 bits per heavy atom. The zero-order valence-corrected chi connectivity index (χ0v) is 25.4. The van der Waals surface area contributed by atoms with Gasteiger partial charge in [-0.05, 0) is 55.3 Å². The summed E-state index contributed by atoms with van der Waals surface area (Å²) >= 11 is 1.23. The minimum atomic E-state index is -0.789. The van der Waals surface area contributed by atoms with Crippen LogP contribution in [-0.2, 0) is 9.53 Å². The quantitative estimate of drug-likeness (QED) is 0.250. The molecule has 0 radical (unpaired) electrons. The predicted octanol–water partition coefficient (Wildman–Crippen LogP) is 4.36. The number of thiazole rings is 1. The highest BCUT2D eigenvalue weighted by Crippen LogP contribution is 2.39. The van der Waals surface area contributed by atoms with E-state index in [1.165, 1.54) is 32.7 Å². The lowest BCUT2D eigenvalue weighted by molar-refractivity contribution is -0.138. The SMILES string of the molecule is CCOC(=O)C1=C(c2ccccc2)N=c2s/c(=C\c3cc(OC)c(OC)c(OC)c3)c(=O)n2[C@@H]1c1ccc(OCC)cc1. The van der Waals surface area contributed by atoms with Crippen LogP contribution in [0.25, 0.3) is 11.8 Å². The molecule has 0 aliphatic carbocycles. The number of benzene rings is 3. The van der Waals surface area contributed by atoms with Gasteiger partial charge in [0.25, 0.3) is 5.56 Å². The molecular formula is C33H32N2O7S. The zero-order chi connectivity index (χ0) is 30.5. The maximum absolute atomic E-state index is 14.2. The lowest BCUT2D eigenvalue weighted by Gasteiger charge is -2.26. The summed E-state index contributed by atoms with van der Waals surface area (Å²) in [5.74, 6) is 1.52. The average molecular weight is 601 g/mol. The van der Waals surface area contributed by atoms with Gasteiger partial charge in [-0.25, -0.2) is 9.79 Å². The highest BCUT2D eigenvalue weighted by atomic mass is 32.1. The summed E-state index contributed by atoms with van der Waals surface area (Å²) in [4.78, 5) is 33.1. The van der Waals surface area contributed by atoms with E-state index < -0.39 is 12.0 Å². The fourth-order valence-corrected chi connectivity index (χ4v) is 6.01. The standard InChI is InChI=1S/C33H32N2O7S/c1-6-41-23-15-13-22(14-16-23)29-27(32(37)42-7-2)28(21-11-9-8-10-12-21)34-33-35(29)31(36)26(43-33)19-20-17-24(38-3)30(40-5)25(18-20)39-4/h8-19,29H,6-7H2,1-5H3/b26-19-/t29-/m1/s1. The van der Waals surface area contributed by atoms with Crippen molar-refractivity contribution in [2.45, 2.75) is 19.9 Å². The van der Waals surface area contributed by atoms with Gasteiger partial charge < -0.3 is 23.7 Å². The number of nitrogens with zero attached hydrogens (tertiary/aromatic N) is 2. The van der Waals surface area contributed by atoms with Gasteiger partial charge in [0.1, 0.15) is 5.75 Å². The van der Waals surface area contributed by atoms with Crippen LogP contribution in [0.2, 0.25) is 0 Å². The molecule has 10 heteroatoms. The summed E-state index contributed by atoms with van der Waals surface area (Å²) < 4.78 is 29.6. The molecule has 0 unspecified atom stereocenters. The number of rotatable bonds is 10. The van der Waals surface area contributed by atoms with Crippen LogP contribution < -0.4 is 33.8 Å². The van der Waals surface area contributed by atoms with Crippen LogP contribution in [0, 0.1) is 0 Å². The fraction of sp³-hybridized carbons (Fsp3) is 0.242. The molecule has 1 aliphatic heterocycles. The van der Waals surface area contributed by atoms with Crippen LogP contribution in [0.5, 0.6) is 23.0 Å². The lowest BCUT2D eigenvalue weighted by atomic mass is 9.93. The van der Waals surface area contributed by atoms with Gasteiger partial charge in [-0.15, -0.1) is 0 Å². The van der Waals surface area contributed by atoms with Gasteiger partial charge in [-0.3, -0.25) is 9.36 Å². The number of hydrogen-bond donors (Lipinski definition) is 0. The molecule has 1 aromatic heterocycles. The summed E-state index contributed by atoms with van der Waals surface area (Å²) in [6.45, 7) is 4.35. The summed E-state index contributed by atoms with van der Waals surface area (Å²) in [7, 11) is 4.60. The average Bonchev–Trinajstić information content (AvgIpc) is 3.34. The number of methoxy groups -OCH3 is 3. The van der Waals surface area contributed by atoms with Crippen molar-refractivity contribution < 1.29 is 28.5 Å². The number of ether oxygens (including phenoxy) is 5. The van der Waals surface area contributed by atoms with Gasteiger partial charge in [-0.1, -0.05) is 53.8 Å². The van der Waals surface area contributed by atoms with E-state index in [9.17, 15) is 9.59 Å². The van der Waals surface area contributed by atoms with E-state index in [0.717, 1.165) is 11.1 Å². The highest BCUT2D eigenvalue weighted by Gasteiger charge is 2.35. The van der Waals surface area contributed by atoms with Crippen LogP contribution in [-0.4, -0.2) is 45.1 Å². The fourth-order valence-electron chi connectivity index (χ4n) is 5.00. The Morgan fingerprint density at radius 1 is 0.930 bits per heavy atom. The maximum atomic E-state index is 14.2. The Bertz CT molecular complexity index is 1820. The Morgan fingerprint density at radius 3 is 2.19 bits per heavy atom. The second-order valence-corrected chi connectivity index (χ2v) is 10.4. The van der Waals surface area contributed by atoms with Crippen molar-refractivity contribution in [2.75, 3.05) is 34.5 Å². The molecule has 1 atom stereocenters. The summed E-state index contributed by atoms with van der Waals surface area (Å²) in [5.41, 5.74) is 2.57. The second-order valence-electron chi connectivity index (χ2n) is 9.39. The van der Waals surface area contributed by atoms with Gasteiger partial charge >= 0.3 is 5.97 Å². The van der Waals surface area contributed by atoms with E-state index in [1.54, 1.807) is 29.7 Å². The second kappa shape index (κ2) is 13.0. The van der Waals surface area contributed by atoms with Gasteiger partial charge in [0.15, 0.2) is 16.3 Å². The third-order valence-electron chi connectivity index (χ3n) is 6.87. The smallest absolute Gasteiger partial charge is 0.338 e. The molecule has 0 amide bonds. The van der Waals surface area contributed by atoms with Crippen molar-refractivity contribution in [1.82, 2.24) is 4.57 Å². The van der Waals surface area contributed by atoms with E-state index in [-0.39, 0.29) is 17.7 Å². The molecule has 0 N–H and O–H groups in total. The van der Waals surface area contributed by atoms with Gasteiger partial charge in [0.05, 0.1) is 56.4 Å². The Balaban J connectivity index is 1.79. The number of hydrogen-bond acceptors (Lipinski definition) is 9. The van der Waals surface area contributed by atoms with Crippen molar-refractivity contribution in [3.63, 3.8) is 0 Å².